The van der Waals surface area contributed by atoms with Crippen molar-refractivity contribution < 1.29 is 27.9 Å². The molecule has 0 saturated carbocycles. The summed E-state index contributed by atoms with van der Waals surface area (Å²) in [5.74, 6) is 1.16. The molecule has 0 saturated heterocycles. The molecule has 26 heavy (non-hydrogen) atoms. The van der Waals surface area contributed by atoms with Crippen molar-refractivity contribution in [3.8, 4) is 11.5 Å². The van der Waals surface area contributed by atoms with Crippen LogP contribution >= 0.6 is 0 Å². The number of ether oxygens (including phenoxy) is 2. The smallest absolute Gasteiger partial charge is 0.416 e. The van der Waals surface area contributed by atoms with Gasteiger partial charge in [-0.05, 0) is 29.8 Å². The van der Waals surface area contributed by atoms with E-state index in [4.69, 9.17) is 9.47 Å². The van der Waals surface area contributed by atoms with E-state index in [-0.39, 0.29) is 6.54 Å². The zero-order valence-electron chi connectivity index (χ0n) is 14.2. The first-order valence-electron chi connectivity index (χ1n) is 7.75. The van der Waals surface area contributed by atoms with Crippen molar-refractivity contribution in [3.05, 3.63) is 53.1 Å². The van der Waals surface area contributed by atoms with Crippen LogP contribution in [0.25, 0.3) is 0 Å². The van der Waals surface area contributed by atoms with Crippen LogP contribution in [0, 0.1) is 0 Å². The number of halogens is 3. The summed E-state index contributed by atoms with van der Waals surface area (Å²) in [6.07, 6.45) is -4.45. The topological polar surface area (TPSA) is 54.3 Å². The van der Waals surface area contributed by atoms with Crippen molar-refractivity contribution in [3.63, 3.8) is 0 Å². The van der Waals surface area contributed by atoms with Gasteiger partial charge in [0.15, 0.2) is 0 Å². The van der Waals surface area contributed by atoms with Crippen molar-refractivity contribution in [2.45, 2.75) is 12.7 Å². The van der Waals surface area contributed by atoms with Crippen LogP contribution < -0.4 is 14.4 Å². The molecule has 0 amide bonds. The highest BCUT2D eigenvalue weighted by Gasteiger charge is 2.34. The van der Waals surface area contributed by atoms with E-state index in [1.807, 2.05) is 0 Å². The average molecular weight is 366 g/mol. The predicted molar refractivity (Wildman–Crippen MR) is 90.4 cm³/mol. The van der Waals surface area contributed by atoms with Crippen LogP contribution in [0.15, 0.2) is 41.6 Å². The fourth-order valence-corrected chi connectivity index (χ4v) is 2.97. The van der Waals surface area contributed by atoms with Gasteiger partial charge in [0.05, 0.1) is 26.3 Å². The van der Waals surface area contributed by atoms with Crippen LogP contribution in [0.4, 0.5) is 18.9 Å². The number of methoxy groups -OCH3 is 2. The quantitative estimate of drug-likeness (QED) is 0.658. The maximum atomic E-state index is 13.1. The molecule has 0 atom stereocenters. The van der Waals surface area contributed by atoms with E-state index < -0.39 is 11.7 Å². The minimum Gasteiger partial charge on any atom is -0.497 e. The molecule has 1 heterocycles. The minimum absolute atomic E-state index is 0.201. The van der Waals surface area contributed by atoms with Gasteiger partial charge in [0, 0.05) is 23.9 Å². The fourth-order valence-electron chi connectivity index (χ4n) is 2.97. The Labute approximate surface area is 148 Å². The number of rotatable bonds is 4. The molecule has 0 aromatic heterocycles. The Morgan fingerprint density at radius 2 is 1.73 bits per heavy atom. The van der Waals surface area contributed by atoms with Crippen LogP contribution in [0.2, 0.25) is 0 Å². The number of fused-ring (bicyclic) bond motifs is 1. The molecule has 2 aromatic rings. The number of hydrogen-bond donors (Lipinski definition) is 1. The predicted octanol–water partition coefficient (Wildman–Crippen LogP) is 3.92. The molecule has 0 unspecified atom stereocenters. The summed E-state index contributed by atoms with van der Waals surface area (Å²) in [5, 5.41) is 12.4. The fraction of sp³-hybridized carbons (Fsp3) is 0.278. The van der Waals surface area contributed by atoms with E-state index >= 15 is 0 Å². The largest absolute Gasteiger partial charge is 0.497 e. The third-order valence-electron chi connectivity index (χ3n) is 4.22. The van der Waals surface area contributed by atoms with E-state index in [9.17, 15) is 18.4 Å². The van der Waals surface area contributed by atoms with Gasteiger partial charge in [0.2, 0.25) is 0 Å². The van der Waals surface area contributed by atoms with E-state index in [0.717, 1.165) is 17.7 Å². The molecule has 3 rings (SSSR count). The molecule has 138 valence electrons. The third kappa shape index (κ3) is 3.40. The van der Waals surface area contributed by atoms with Crippen LogP contribution in [0.1, 0.15) is 16.7 Å². The van der Waals surface area contributed by atoms with Crippen molar-refractivity contribution in [1.82, 2.24) is 0 Å². The summed E-state index contributed by atoms with van der Waals surface area (Å²) in [6, 6.07) is 8.67. The maximum Gasteiger partial charge on any atom is 0.416 e. The Balaban J connectivity index is 1.98. The average Bonchev–Trinajstić information content (AvgIpc) is 2.97. The number of anilines is 1. The lowest BCUT2D eigenvalue weighted by Gasteiger charge is -2.20. The third-order valence-corrected chi connectivity index (χ3v) is 4.22. The molecule has 8 heteroatoms. The lowest BCUT2D eigenvalue weighted by Crippen LogP contribution is -2.22. The van der Waals surface area contributed by atoms with Gasteiger partial charge in [-0.25, -0.2) is 0 Å². The van der Waals surface area contributed by atoms with Crippen molar-refractivity contribution in [1.29, 1.82) is 0 Å². The Morgan fingerprint density at radius 1 is 1.08 bits per heavy atom. The molecule has 0 radical (unpaired) electrons. The first kappa shape index (κ1) is 17.9. The van der Waals surface area contributed by atoms with Gasteiger partial charge in [0.1, 0.15) is 17.2 Å². The molecular weight excluding hydrogens is 349 g/mol. The summed E-state index contributed by atoms with van der Waals surface area (Å²) in [4.78, 5) is 1.72. The zero-order valence-corrected chi connectivity index (χ0v) is 14.2. The van der Waals surface area contributed by atoms with E-state index in [0.29, 0.717) is 35.0 Å². The van der Waals surface area contributed by atoms with Crippen molar-refractivity contribution in [2.24, 2.45) is 5.16 Å². The second kappa shape index (κ2) is 6.78. The monoisotopic (exact) mass is 366 g/mol. The van der Waals surface area contributed by atoms with Crippen molar-refractivity contribution >= 4 is 11.4 Å². The summed E-state index contributed by atoms with van der Waals surface area (Å²) < 4.78 is 49.6. The molecular formula is C18H17F3N2O3. The van der Waals surface area contributed by atoms with Crippen molar-refractivity contribution in [2.75, 3.05) is 25.7 Å². The lowest BCUT2D eigenvalue weighted by molar-refractivity contribution is -0.137. The van der Waals surface area contributed by atoms with Gasteiger partial charge in [-0.3, -0.25) is 0 Å². The summed E-state index contributed by atoms with van der Waals surface area (Å²) in [6.45, 7) is 0.507. The standard InChI is InChI=1S/C18H17F3N2O3/c1-25-13-5-11(6-14(8-13)26-2)9-23-10-16(22-24)15-4-3-12(7-17(15)23)18(19,20)21/h3-8,24H,9-10H2,1-2H3/b22-16+. The molecule has 2 aromatic carbocycles. The molecule has 0 fully saturated rings. The van der Waals surface area contributed by atoms with Gasteiger partial charge in [0.25, 0.3) is 0 Å². The number of alkyl halides is 3. The molecule has 5 nitrogen and oxygen atoms in total. The zero-order chi connectivity index (χ0) is 18.9. The van der Waals surface area contributed by atoms with Crippen LogP contribution in [0.3, 0.4) is 0 Å². The first-order chi connectivity index (χ1) is 12.4. The normalized spacial score (nSPS) is 15.3. The first-order valence-corrected chi connectivity index (χ1v) is 7.75. The van der Waals surface area contributed by atoms with E-state index in [1.54, 1.807) is 23.1 Å². The number of nitrogens with zero attached hydrogens (tertiary/aromatic N) is 2. The molecule has 1 aliphatic rings. The number of benzene rings is 2. The Kier molecular flexibility index (Phi) is 4.67. The van der Waals surface area contributed by atoms with Crippen LogP contribution in [0.5, 0.6) is 11.5 Å². The number of hydrogen-bond acceptors (Lipinski definition) is 5. The molecule has 0 aliphatic carbocycles. The van der Waals surface area contributed by atoms with E-state index in [2.05, 4.69) is 5.16 Å². The van der Waals surface area contributed by atoms with Gasteiger partial charge in [-0.2, -0.15) is 13.2 Å². The molecule has 1 aliphatic heterocycles. The SMILES string of the molecule is COc1cc(CN2C/C(=N\O)c3ccc(C(F)(F)F)cc32)cc(OC)c1. The lowest BCUT2D eigenvalue weighted by atomic mass is 10.1. The molecule has 1 N–H and O–H groups in total. The molecule has 0 bridgehead atoms. The van der Waals surface area contributed by atoms with Gasteiger partial charge in [-0.1, -0.05) is 11.2 Å². The summed E-state index contributed by atoms with van der Waals surface area (Å²) in [5.41, 5.74) is 1.22. The number of oxime groups is 1. The highest BCUT2D eigenvalue weighted by atomic mass is 19.4. The highest BCUT2D eigenvalue weighted by molar-refractivity contribution is 6.11. The highest BCUT2D eigenvalue weighted by Crippen LogP contribution is 2.37. The Hall–Kier alpha value is -2.90. The summed E-state index contributed by atoms with van der Waals surface area (Å²) in [7, 11) is 3.05. The maximum absolute atomic E-state index is 13.1. The van der Waals surface area contributed by atoms with Crippen LogP contribution in [-0.2, 0) is 12.7 Å². The second-order valence-corrected chi connectivity index (χ2v) is 5.85. The molecule has 0 spiro atoms. The van der Waals surface area contributed by atoms with Crippen LogP contribution in [-0.4, -0.2) is 31.7 Å². The van der Waals surface area contributed by atoms with Gasteiger partial charge < -0.3 is 19.6 Å². The van der Waals surface area contributed by atoms with E-state index in [1.165, 1.54) is 20.3 Å². The Morgan fingerprint density at radius 3 is 2.27 bits per heavy atom. The summed E-state index contributed by atoms with van der Waals surface area (Å²) >= 11 is 0. The van der Waals surface area contributed by atoms with Gasteiger partial charge in [-0.15, -0.1) is 0 Å². The second-order valence-electron chi connectivity index (χ2n) is 5.85. The van der Waals surface area contributed by atoms with Gasteiger partial charge >= 0.3 is 6.18 Å². The minimum atomic E-state index is -4.45. The Bertz CT molecular complexity index is 828.